The monoisotopic (exact) mass is 467 g/mol. The van der Waals surface area contributed by atoms with E-state index in [1.165, 1.54) is 12.1 Å². The predicted octanol–water partition coefficient (Wildman–Crippen LogP) is 4.58. The summed E-state index contributed by atoms with van der Waals surface area (Å²) in [6.07, 6.45) is 0. The molecular weight excluding hydrogens is 453 g/mol. The molecule has 3 N–H and O–H groups in total. The highest BCUT2D eigenvalue weighted by Gasteiger charge is 2.38. The molecule has 0 aliphatic carbocycles. The van der Waals surface area contributed by atoms with E-state index in [-0.39, 0.29) is 10.7 Å². The molecule has 1 aliphatic rings. The maximum Gasteiger partial charge on any atom is 0.343 e. The summed E-state index contributed by atoms with van der Waals surface area (Å²) in [5.41, 5.74) is 7.21. The number of esters is 1. The number of anilines is 3. The highest BCUT2D eigenvalue weighted by molar-refractivity contribution is 6.53. The van der Waals surface area contributed by atoms with Crippen LogP contribution in [0.25, 0.3) is 0 Å². The van der Waals surface area contributed by atoms with Crippen molar-refractivity contribution in [2.24, 2.45) is 0 Å². The van der Waals surface area contributed by atoms with E-state index in [1.54, 1.807) is 60.7 Å². The van der Waals surface area contributed by atoms with Crippen LogP contribution in [0.5, 0.6) is 5.75 Å². The molecule has 160 valence electrons. The fraction of sp³-hybridized carbons (Fsp3) is 0. The largest absolute Gasteiger partial charge is 0.423 e. The number of amides is 2. The molecule has 0 unspecified atom stereocenters. The van der Waals surface area contributed by atoms with Crippen LogP contribution in [0, 0.1) is 0 Å². The zero-order chi connectivity index (χ0) is 22.8. The number of benzene rings is 3. The van der Waals surface area contributed by atoms with Gasteiger partial charge in [0.15, 0.2) is 0 Å². The molecule has 0 spiro atoms. The normalized spacial score (nSPS) is 13.5. The van der Waals surface area contributed by atoms with Crippen LogP contribution in [0.1, 0.15) is 10.4 Å². The van der Waals surface area contributed by atoms with E-state index in [9.17, 15) is 14.4 Å². The van der Waals surface area contributed by atoms with Crippen molar-refractivity contribution in [1.82, 2.24) is 0 Å². The van der Waals surface area contributed by atoms with Crippen LogP contribution in [0.4, 0.5) is 17.1 Å². The Labute approximate surface area is 193 Å². The molecule has 32 heavy (non-hydrogen) atoms. The summed E-state index contributed by atoms with van der Waals surface area (Å²) in [6, 6.07) is 18.8. The lowest BCUT2D eigenvalue weighted by molar-refractivity contribution is -0.120. The molecule has 4 rings (SSSR count). The highest BCUT2D eigenvalue weighted by Crippen LogP contribution is 2.30. The summed E-state index contributed by atoms with van der Waals surface area (Å²) >= 11 is 12.0. The summed E-state index contributed by atoms with van der Waals surface area (Å²) in [6.45, 7) is 0. The van der Waals surface area contributed by atoms with Gasteiger partial charge in [-0.25, -0.2) is 9.69 Å². The average molecular weight is 468 g/mol. The third kappa shape index (κ3) is 4.30. The Hall–Kier alpha value is -3.81. The van der Waals surface area contributed by atoms with Gasteiger partial charge in [-0.2, -0.15) is 0 Å². The second-order valence-electron chi connectivity index (χ2n) is 6.77. The van der Waals surface area contributed by atoms with E-state index in [1.807, 2.05) is 0 Å². The molecule has 7 nitrogen and oxygen atoms in total. The second kappa shape index (κ2) is 8.74. The number of ether oxygens (including phenoxy) is 1. The van der Waals surface area contributed by atoms with Crippen molar-refractivity contribution in [2.45, 2.75) is 0 Å². The zero-order valence-corrected chi connectivity index (χ0v) is 17.9. The lowest BCUT2D eigenvalue weighted by Gasteiger charge is -2.15. The van der Waals surface area contributed by atoms with Gasteiger partial charge in [0.2, 0.25) is 0 Å². The van der Waals surface area contributed by atoms with Gasteiger partial charge in [-0.05, 0) is 72.8 Å². The van der Waals surface area contributed by atoms with Crippen molar-refractivity contribution in [3.63, 3.8) is 0 Å². The number of nitrogens with zero attached hydrogens (tertiary/aromatic N) is 1. The van der Waals surface area contributed by atoms with Gasteiger partial charge in [0.05, 0.1) is 11.3 Å². The molecule has 2 amide bonds. The van der Waals surface area contributed by atoms with Crippen LogP contribution in [-0.4, -0.2) is 17.8 Å². The summed E-state index contributed by atoms with van der Waals surface area (Å²) in [5, 5.41) is 3.08. The van der Waals surface area contributed by atoms with Gasteiger partial charge in [-0.3, -0.25) is 9.59 Å². The quantitative estimate of drug-likeness (QED) is 0.246. The summed E-state index contributed by atoms with van der Waals surface area (Å²) in [4.78, 5) is 38.6. The first-order valence-electron chi connectivity index (χ1n) is 9.32. The molecular formula is C23H15Cl2N3O4. The minimum Gasteiger partial charge on any atom is -0.423 e. The maximum atomic E-state index is 12.8. The van der Waals surface area contributed by atoms with E-state index >= 15 is 0 Å². The topological polar surface area (TPSA) is 102 Å². The Kier molecular flexibility index (Phi) is 5.85. The van der Waals surface area contributed by atoms with Crippen molar-refractivity contribution in [3.05, 3.63) is 94.1 Å². The standard InChI is InChI=1S/C23H15Cl2N3O4/c24-14-3-9-17(10-4-14)28-21(29)19(25)20(22(28)30)27-16-7-1-13(2-8-16)23(31)32-18-11-5-15(26)6-12-18/h1-12,27H,26H2. The second-order valence-corrected chi connectivity index (χ2v) is 7.59. The van der Waals surface area contributed by atoms with Crippen LogP contribution in [0.2, 0.25) is 5.02 Å². The van der Waals surface area contributed by atoms with Crippen molar-refractivity contribution in [1.29, 1.82) is 0 Å². The maximum absolute atomic E-state index is 12.8. The Morgan fingerprint density at radius 1 is 0.844 bits per heavy atom. The molecule has 0 saturated heterocycles. The van der Waals surface area contributed by atoms with E-state index in [2.05, 4.69) is 5.32 Å². The first kappa shape index (κ1) is 21.4. The number of rotatable bonds is 5. The Balaban J connectivity index is 1.47. The first-order valence-corrected chi connectivity index (χ1v) is 10.1. The van der Waals surface area contributed by atoms with Crippen molar-refractivity contribution >= 4 is 58.0 Å². The third-order valence-corrected chi connectivity index (χ3v) is 5.20. The van der Waals surface area contributed by atoms with Crippen molar-refractivity contribution in [3.8, 4) is 5.75 Å². The van der Waals surface area contributed by atoms with Crippen LogP contribution in [-0.2, 0) is 9.59 Å². The Bertz CT molecular complexity index is 1240. The number of hydrogen-bond acceptors (Lipinski definition) is 6. The number of nitrogens with one attached hydrogen (secondary N) is 1. The van der Waals surface area contributed by atoms with Crippen LogP contribution in [0.15, 0.2) is 83.5 Å². The van der Waals surface area contributed by atoms with E-state index in [0.29, 0.717) is 33.4 Å². The van der Waals surface area contributed by atoms with Crippen molar-refractivity contribution in [2.75, 3.05) is 16.0 Å². The number of carbonyl (C=O) groups is 3. The number of imide groups is 1. The van der Waals surface area contributed by atoms with Gasteiger partial charge in [0.25, 0.3) is 11.8 Å². The van der Waals surface area contributed by atoms with Crippen LogP contribution in [0.3, 0.4) is 0 Å². The lowest BCUT2D eigenvalue weighted by atomic mass is 10.2. The average Bonchev–Trinajstić information content (AvgIpc) is 3.00. The summed E-state index contributed by atoms with van der Waals surface area (Å²) in [7, 11) is 0. The number of nitrogens with two attached hydrogens (primary N) is 1. The molecule has 0 atom stereocenters. The van der Waals surface area contributed by atoms with Gasteiger partial charge in [-0.1, -0.05) is 23.2 Å². The molecule has 0 radical (unpaired) electrons. The minimum absolute atomic E-state index is 0.0659. The number of halogens is 2. The Morgan fingerprint density at radius 2 is 1.47 bits per heavy atom. The molecule has 3 aromatic carbocycles. The van der Waals surface area contributed by atoms with Crippen LogP contribution >= 0.6 is 23.2 Å². The summed E-state index contributed by atoms with van der Waals surface area (Å²) < 4.78 is 5.29. The van der Waals surface area contributed by atoms with E-state index in [4.69, 9.17) is 33.7 Å². The number of hydrogen-bond donors (Lipinski definition) is 2. The van der Waals surface area contributed by atoms with Crippen molar-refractivity contribution < 1.29 is 19.1 Å². The highest BCUT2D eigenvalue weighted by atomic mass is 35.5. The zero-order valence-electron chi connectivity index (χ0n) is 16.3. The van der Waals surface area contributed by atoms with Crippen LogP contribution < -0.4 is 20.7 Å². The van der Waals surface area contributed by atoms with Gasteiger partial charge in [0.1, 0.15) is 16.5 Å². The predicted molar refractivity (Wildman–Crippen MR) is 123 cm³/mol. The first-order chi connectivity index (χ1) is 15.3. The SMILES string of the molecule is Nc1ccc(OC(=O)c2ccc(NC3=C(Cl)C(=O)N(c4ccc(Cl)cc4)C3=O)cc2)cc1. The molecule has 1 heterocycles. The minimum atomic E-state index is -0.648. The lowest BCUT2D eigenvalue weighted by Crippen LogP contribution is -2.32. The Morgan fingerprint density at radius 3 is 2.09 bits per heavy atom. The van der Waals surface area contributed by atoms with Gasteiger partial charge < -0.3 is 15.8 Å². The molecule has 9 heteroatoms. The fourth-order valence-corrected chi connectivity index (χ4v) is 3.31. The van der Waals surface area contributed by atoms with Gasteiger partial charge >= 0.3 is 5.97 Å². The molecule has 0 bridgehead atoms. The summed E-state index contributed by atoms with van der Waals surface area (Å²) in [5.74, 6) is -1.44. The smallest absolute Gasteiger partial charge is 0.343 e. The molecule has 3 aromatic rings. The number of carbonyl (C=O) groups excluding carboxylic acids is 3. The third-order valence-electron chi connectivity index (χ3n) is 4.59. The molecule has 0 aromatic heterocycles. The fourth-order valence-electron chi connectivity index (χ4n) is 2.97. The molecule has 0 saturated carbocycles. The van der Waals surface area contributed by atoms with E-state index in [0.717, 1.165) is 4.90 Å². The number of nitrogen functional groups attached to an aromatic ring is 1. The molecule has 1 aliphatic heterocycles. The van der Waals surface area contributed by atoms with Gasteiger partial charge in [0, 0.05) is 16.4 Å². The molecule has 0 fully saturated rings. The van der Waals surface area contributed by atoms with Gasteiger partial charge in [-0.15, -0.1) is 0 Å². The van der Waals surface area contributed by atoms with E-state index < -0.39 is 17.8 Å².